The van der Waals surface area contributed by atoms with Gasteiger partial charge in [0, 0.05) is 0 Å². The first kappa shape index (κ1) is 23.1. The third-order valence-electron chi connectivity index (χ3n) is 10.5. The predicted molar refractivity (Wildman–Crippen MR) is 122 cm³/mol. The van der Waals surface area contributed by atoms with Crippen LogP contribution in [0.1, 0.15) is 111 Å². The quantitative estimate of drug-likeness (QED) is 0.440. The molecule has 0 spiro atoms. The van der Waals surface area contributed by atoms with Crippen molar-refractivity contribution in [2.24, 2.45) is 46.3 Å². The first-order chi connectivity index (χ1) is 14.0. The van der Waals surface area contributed by atoms with Gasteiger partial charge in [-0.05, 0) is 97.7 Å². The maximum absolute atomic E-state index is 8.95. The number of unbranched alkanes of at least 4 members (excludes halogenated alkanes) is 1. The van der Waals surface area contributed by atoms with Crippen LogP contribution >= 0.6 is 0 Å². The number of carbonyl (C=O) groups is 1. The minimum absolute atomic E-state index is 0.375. The molecule has 2 heteroatoms. The van der Waals surface area contributed by atoms with E-state index in [0.29, 0.717) is 17.3 Å². The van der Waals surface area contributed by atoms with Gasteiger partial charge in [-0.25, -0.2) is 0 Å². The second kappa shape index (κ2) is 9.73. The van der Waals surface area contributed by atoms with Crippen LogP contribution in [-0.2, 0) is 9.53 Å². The molecule has 0 aliphatic heterocycles. The highest BCUT2D eigenvalue weighted by Crippen LogP contribution is 2.69. The standard InChI is InChI=1S/C25H44.C2H4O2/c1-5-7-10-19-12-13-22-20-17-18(6-2)21-11-8-9-15-25(21,4)23(20)14-16-24(19,22)3;1-4-2-3/h18-23H,5-17H2,1-4H3;2H,1H3/t18-,19?,20?,21?,22?,23-,24?,25?;/m0./s1. The third-order valence-corrected chi connectivity index (χ3v) is 10.5. The zero-order valence-corrected chi connectivity index (χ0v) is 20.1. The van der Waals surface area contributed by atoms with Crippen molar-refractivity contribution in [3.8, 4) is 0 Å². The summed E-state index contributed by atoms with van der Waals surface area (Å²) in [6.07, 6.45) is 19.9. The highest BCUT2D eigenvalue weighted by atomic mass is 16.5. The summed E-state index contributed by atoms with van der Waals surface area (Å²) in [6, 6.07) is 0. The van der Waals surface area contributed by atoms with Gasteiger partial charge in [0.15, 0.2) is 0 Å². The molecule has 6 unspecified atom stereocenters. The molecule has 4 saturated carbocycles. The Balaban J connectivity index is 0.000000552. The van der Waals surface area contributed by atoms with Gasteiger partial charge in [0.25, 0.3) is 6.47 Å². The Labute approximate surface area is 180 Å². The Morgan fingerprint density at radius 2 is 1.66 bits per heavy atom. The van der Waals surface area contributed by atoms with E-state index in [1.165, 1.54) is 45.6 Å². The molecule has 8 atom stereocenters. The Morgan fingerprint density at radius 3 is 2.31 bits per heavy atom. The second-order valence-corrected chi connectivity index (χ2v) is 11.4. The normalized spacial score (nSPS) is 45.8. The first-order valence-electron chi connectivity index (χ1n) is 12.9. The van der Waals surface area contributed by atoms with Crippen LogP contribution in [0.15, 0.2) is 0 Å². The zero-order chi connectivity index (χ0) is 21.1. The number of hydrogen-bond acceptors (Lipinski definition) is 2. The lowest BCUT2D eigenvalue weighted by Crippen LogP contribution is -2.55. The van der Waals surface area contributed by atoms with E-state index in [9.17, 15) is 0 Å². The molecule has 4 fully saturated rings. The van der Waals surface area contributed by atoms with Crippen LogP contribution in [0.2, 0.25) is 0 Å². The van der Waals surface area contributed by atoms with E-state index in [1.54, 1.807) is 44.9 Å². The average Bonchev–Trinajstić information content (AvgIpc) is 3.07. The fourth-order valence-corrected chi connectivity index (χ4v) is 9.05. The van der Waals surface area contributed by atoms with Crippen molar-refractivity contribution < 1.29 is 9.53 Å². The summed E-state index contributed by atoms with van der Waals surface area (Å²) >= 11 is 0. The van der Waals surface area contributed by atoms with Gasteiger partial charge in [-0.2, -0.15) is 0 Å². The van der Waals surface area contributed by atoms with Gasteiger partial charge < -0.3 is 4.74 Å². The molecule has 29 heavy (non-hydrogen) atoms. The van der Waals surface area contributed by atoms with Crippen LogP contribution in [0.25, 0.3) is 0 Å². The Bertz CT molecular complexity index is 531. The number of fused-ring (bicyclic) bond motifs is 5. The van der Waals surface area contributed by atoms with E-state index in [1.807, 2.05) is 0 Å². The minimum atomic E-state index is 0.375. The molecule has 168 valence electrons. The van der Waals surface area contributed by atoms with Crippen molar-refractivity contribution in [3.63, 3.8) is 0 Å². The Morgan fingerprint density at radius 1 is 0.931 bits per heavy atom. The molecule has 4 aliphatic rings. The smallest absolute Gasteiger partial charge is 0.292 e. The lowest BCUT2D eigenvalue weighted by Gasteiger charge is -2.62. The molecular formula is C27H48O2. The molecular weight excluding hydrogens is 356 g/mol. The van der Waals surface area contributed by atoms with Crippen molar-refractivity contribution in [2.45, 2.75) is 111 Å². The largest absolute Gasteiger partial charge is 0.471 e. The number of methoxy groups -OCH3 is 1. The summed E-state index contributed by atoms with van der Waals surface area (Å²) in [5.41, 5.74) is 1.40. The molecule has 0 saturated heterocycles. The van der Waals surface area contributed by atoms with Crippen molar-refractivity contribution in [1.82, 2.24) is 0 Å². The van der Waals surface area contributed by atoms with E-state index in [-0.39, 0.29) is 0 Å². The molecule has 0 aromatic heterocycles. The topological polar surface area (TPSA) is 26.3 Å². The van der Waals surface area contributed by atoms with E-state index in [2.05, 4.69) is 32.4 Å². The van der Waals surface area contributed by atoms with Crippen LogP contribution in [-0.4, -0.2) is 13.6 Å². The van der Waals surface area contributed by atoms with Gasteiger partial charge >= 0.3 is 0 Å². The number of ether oxygens (including phenoxy) is 1. The van der Waals surface area contributed by atoms with Crippen molar-refractivity contribution in [2.75, 3.05) is 7.11 Å². The zero-order valence-electron chi connectivity index (χ0n) is 20.1. The minimum Gasteiger partial charge on any atom is -0.471 e. The lowest BCUT2D eigenvalue weighted by atomic mass is 9.42. The summed E-state index contributed by atoms with van der Waals surface area (Å²) in [4.78, 5) is 8.95. The molecule has 0 aromatic carbocycles. The number of hydrogen-bond donors (Lipinski definition) is 0. The van der Waals surface area contributed by atoms with Gasteiger partial charge in [0.1, 0.15) is 0 Å². The number of carbonyl (C=O) groups excluding carboxylic acids is 1. The van der Waals surface area contributed by atoms with Gasteiger partial charge in [-0.3, -0.25) is 4.79 Å². The molecule has 0 aromatic rings. The molecule has 0 N–H and O–H groups in total. The maximum atomic E-state index is 8.95. The first-order valence-corrected chi connectivity index (χ1v) is 12.9. The second-order valence-electron chi connectivity index (χ2n) is 11.4. The summed E-state index contributed by atoms with van der Waals surface area (Å²) < 4.78 is 3.86. The van der Waals surface area contributed by atoms with Crippen LogP contribution < -0.4 is 0 Å². The van der Waals surface area contributed by atoms with E-state index < -0.39 is 0 Å². The van der Waals surface area contributed by atoms with Crippen LogP contribution in [0, 0.1) is 46.3 Å². The van der Waals surface area contributed by atoms with Crippen molar-refractivity contribution in [3.05, 3.63) is 0 Å². The molecule has 2 nitrogen and oxygen atoms in total. The van der Waals surface area contributed by atoms with Crippen LogP contribution in [0.5, 0.6) is 0 Å². The molecule has 4 aliphatic carbocycles. The van der Waals surface area contributed by atoms with Gasteiger partial charge in [-0.1, -0.05) is 59.8 Å². The lowest BCUT2D eigenvalue weighted by molar-refractivity contribution is -0.135. The molecule has 4 rings (SSSR count). The van der Waals surface area contributed by atoms with E-state index in [4.69, 9.17) is 4.79 Å². The summed E-state index contributed by atoms with van der Waals surface area (Å²) in [5, 5.41) is 0. The molecule has 0 heterocycles. The summed E-state index contributed by atoms with van der Waals surface area (Å²) in [6.45, 7) is 10.7. The molecule has 0 amide bonds. The predicted octanol–water partition coefficient (Wildman–Crippen LogP) is 7.65. The fraction of sp³-hybridized carbons (Fsp3) is 0.963. The molecule has 0 radical (unpaired) electrons. The highest BCUT2D eigenvalue weighted by molar-refractivity contribution is 5.36. The average molecular weight is 405 g/mol. The van der Waals surface area contributed by atoms with Gasteiger partial charge in [-0.15, -0.1) is 0 Å². The fourth-order valence-electron chi connectivity index (χ4n) is 9.05. The maximum Gasteiger partial charge on any atom is 0.292 e. The SMILES string of the molecule is CCCCC1CCC2C3C[C@H](CC)C4CCCCC4(C)[C@H]3CCC12C.COC=O. The monoisotopic (exact) mass is 404 g/mol. The van der Waals surface area contributed by atoms with Crippen LogP contribution in [0.3, 0.4) is 0 Å². The van der Waals surface area contributed by atoms with Crippen LogP contribution in [0.4, 0.5) is 0 Å². The summed E-state index contributed by atoms with van der Waals surface area (Å²) in [7, 11) is 1.31. The van der Waals surface area contributed by atoms with Crippen molar-refractivity contribution in [1.29, 1.82) is 0 Å². The van der Waals surface area contributed by atoms with Gasteiger partial charge in [0.2, 0.25) is 0 Å². The van der Waals surface area contributed by atoms with E-state index in [0.717, 1.165) is 35.5 Å². The highest BCUT2D eigenvalue weighted by Gasteiger charge is 2.60. The van der Waals surface area contributed by atoms with E-state index >= 15 is 0 Å². The third kappa shape index (κ3) is 4.16. The Kier molecular flexibility index (Phi) is 7.77. The van der Waals surface area contributed by atoms with Gasteiger partial charge in [0.05, 0.1) is 7.11 Å². The summed E-state index contributed by atoms with van der Waals surface area (Å²) in [5.74, 6) is 6.38. The Hall–Kier alpha value is -0.530. The molecule has 0 bridgehead atoms. The van der Waals surface area contributed by atoms with Crippen molar-refractivity contribution >= 4 is 6.47 Å². The number of rotatable bonds is 5.